The summed E-state index contributed by atoms with van der Waals surface area (Å²) in [6.07, 6.45) is 2.65. The lowest BCUT2D eigenvalue weighted by molar-refractivity contribution is 0.0926. The Bertz CT molecular complexity index is 521. The van der Waals surface area contributed by atoms with Crippen molar-refractivity contribution in [1.82, 2.24) is 4.90 Å². The summed E-state index contributed by atoms with van der Waals surface area (Å²) < 4.78 is 0. The lowest BCUT2D eigenvalue weighted by Gasteiger charge is -2.19. The largest absolute Gasteiger partial charge is 0.293 e. The second-order valence-electron chi connectivity index (χ2n) is 4.66. The van der Waals surface area contributed by atoms with Crippen molar-refractivity contribution in [3.05, 3.63) is 33.8 Å². The number of carbonyl (C=O) groups excluding carboxylic acids is 1. The van der Waals surface area contributed by atoms with Crippen LogP contribution in [0.4, 0.5) is 0 Å². The number of benzene rings is 1. The lowest BCUT2D eigenvalue weighted by Crippen LogP contribution is -2.32. The fourth-order valence-corrected chi connectivity index (χ4v) is 2.52. The first-order chi connectivity index (χ1) is 9.11. The van der Waals surface area contributed by atoms with E-state index >= 15 is 0 Å². The summed E-state index contributed by atoms with van der Waals surface area (Å²) in [6.45, 7) is 0.950. The van der Waals surface area contributed by atoms with Gasteiger partial charge in [-0.25, -0.2) is 0 Å². The fourth-order valence-electron chi connectivity index (χ4n) is 2.01. The summed E-state index contributed by atoms with van der Waals surface area (Å²) in [5.41, 5.74) is 0.494. The molecule has 0 aromatic heterocycles. The molecule has 0 spiro atoms. The first-order valence-electron chi connectivity index (χ1n) is 6.21. The van der Waals surface area contributed by atoms with Gasteiger partial charge in [0.25, 0.3) is 0 Å². The maximum atomic E-state index is 12.2. The van der Waals surface area contributed by atoms with Gasteiger partial charge in [0.1, 0.15) is 0 Å². The molecule has 1 aromatic rings. The van der Waals surface area contributed by atoms with Gasteiger partial charge in [0, 0.05) is 29.6 Å². The Labute approximate surface area is 122 Å². The summed E-state index contributed by atoms with van der Waals surface area (Å²) in [6, 6.07) is 7.46. The van der Waals surface area contributed by atoms with E-state index < -0.39 is 0 Å². The number of nitriles is 1. The second kappa shape index (κ2) is 6.38. The molecule has 2 rings (SSSR count). The van der Waals surface area contributed by atoms with Crippen LogP contribution in [0, 0.1) is 11.3 Å². The van der Waals surface area contributed by atoms with Crippen molar-refractivity contribution in [2.45, 2.75) is 25.3 Å². The molecule has 100 valence electrons. The molecule has 0 aliphatic heterocycles. The third kappa shape index (κ3) is 3.94. The summed E-state index contributed by atoms with van der Waals surface area (Å²) >= 11 is 11.8. The number of rotatable bonds is 6. The maximum Gasteiger partial charge on any atom is 0.178 e. The first kappa shape index (κ1) is 14.3. The molecule has 0 bridgehead atoms. The maximum absolute atomic E-state index is 12.2. The Balaban J connectivity index is 2.04. The zero-order valence-corrected chi connectivity index (χ0v) is 11.9. The third-order valence-corrected chi connectivity index (χ3v) is 3.70. The second-order valence-corrected chi connectivity index (χ2v) is 5.50. The highest BCUT2D eigenvalue weighted by Gasteiger charge is 2.30. The minimum atomic E-state index is -0.0218. The number of hydrogen-bond acceptors (Lipinski definition) is 3. The van der Waals surface area contributed by atoms with Crippen molar-refractivity contribution < 1.29 is 4.79 Å². The molecule has 1 aromatic carbocycles. The monoisotopic (exact) mass is 296 g/mol. The molecular weight excluding hydrogens is 283 g/mol. The molecule has 0 saturated heterocycles. The normalized spacial score (nSPS) is 14.4. The van der Waals surface area contributed by atoms with Gasteiger partial charge in [0.15, 0.2) is 5.78 Å². The van der Waals surface area contributed by atoms with Gasteiger partial charge in [0.2, 0.25) is 0 Å². The van der Waals surface area contributed by atoms with E-state index in [1.807, 2.05) is 0 Å². The summed E-state index contributed by atoms with van der Waals surface area (Å²) in [5.74, 6) is -0.0218. The van der Waals surface area contributed by atoms with Crippen LogP contribution in [0.5, 0.6) is 0 Å². The molecule has 0 unspecified atom stereocenters. The van der Waals surface area contributed by atoms with Crippen molar-refractivity contribution >= 4 is 29.0 Å². The number of ketones is 1. The van der Waals surface area contributed by atoms with Crippen LogP contribution in [0.25, 0.3) is 0 Å². The van der Waals surface area contributed by atoms with Crippen LogP contribution >= 0.6 is 23.2 Å². The van der Waals surface area contributed by atoms with E-state index in [1.165, 1.54) is 0 Å². The SMILES string of the molecule is N#CCCN(CC(=O)c1ccc(Cl)cc1Cl)C1CC1. The highest BCUT2D eigenvalue weighted by molar-refractivity contribution is 6.36. The third-order valence-electron chi connectivity index (χ3n) is 3.15. The Morgan fingerprint density at radius 1 is 1.42 bits per heavy atom. The molecule has 0 heterocycles. The standard InChI is InChI=1S/C14H14Cl2N2O/c15-10-2-5-12(13(16)8-10)14(19)9-18(7-1-6-17)11-3-4-11/h2,5,8,11H,1,3-4,7,9H2. The number of nitrogens with zero attached hydrogens (tertiary/aromatic N) is 2. The molecule has 19 heavy (non-hydrogen) atoms. The molecule has 1 aliphatic rings. The van der Waals surface area contributed by atoms with Gasteiger partial charge in [-0.3, -0.25) is 9.69 Å². The molecule has 1 fully saturated rings. The minimum absolute atomic E-state index is 0.0218. The Hall–Kier alpha value is -1.08. The van der Waals surface area contributed by atoms with Gasteiger partial charge in [-0.1, -0.05) is 23.2 Å². The highest BCUT2D eigenvalue weighted by Crippen LogP contribution is 2.28. The van der Waals surface area contributed by atoms with E-state index in [2.05, 4.69) is 11.0 Å². The van der Waals surface area contributed by atoms with Crippen molar-refractivity contribution in [3.8, 4) is 6.07 Å². The Morgan fingerprint density at radius 3 is 2.74 bits per heavy atom. The van der Waals surface area contributed by atoms with Crippen LogP contribution in [-0.4, -0.2) is 29.8 Å². The Morgan fingerprint density at radius 2 is 2.16 bits per heavy atom. The van der Waals surface area contributed by atoms with Crippen LogP contribution < -0.4 is 0 Å². The molecule has 1 saturated carbocycles. The zero-order chi connectivity index (χ0) is 13.8. The van der Waals surface area contributed by atoms with Crippen LogP contribution in [0.3, 0.4) is 0 Å². The molecule has 0 radical (unpaired) electrons. The highest BCUT2D eigenvalue weighted by atomic mass is 35.5. The smallest absolute Gasteiger partial charge is 0.178 e. The number of halogens is 2. The van der Waals surface area contributed by atoms with Crippen molar-refractivity contribution in [2.75, 3.05) is 13.1 Å². The molecule has 0 N–H and O–H groups in total. The number of Topliss-reactive ketones (excluding diaryl/α,β-unsaturated/α-hetero) is 1. The zero-order valence-electron chi connectivity index (χ0n) is 10.4. The predicted molar refractivity (Wildman–Crippen MR) is 75.6 cm³/mol. The number of hydrogen-bond donors (Lipinski definition) is 0. The summed E-state index contributed by atoms with van der Waals surface area (Å²) in [7, 11) is 0. The quantitative estimate of drug-likeness (QED) is 0.754. The van der Waals surface area contributed by atoms with Crippen molar-refractivity contribution in [3.63, 3.8) is 0 Å². The van der Waals surface area contributed by atoms with Gasteiger partial charge in [-0.05, 0) is 31.0 Å². The van der Waals surface area contributed by atoms with E-state index in [4.69, 9.17) is 28.5 Å². The molecule has 3 nitrogen and oxygen atoms in total. The van der Waals surface area contributed by atoms with E-state index in [0.29, 0.717) is 41.2 Å². The lowest BCUT2D eigenvalue weighted by atomic mass is 10.1. The van der Waals surface area contributed by atoms with Crippen molar-refractivity contribution in [2.24, 2.45) is 0 Å². The fraction of sp³-hybridized carbons (Fsp3) is 0.429. The molecule has 0 atom stereocenters. The van der Waals surface area contributed by atoms with Crippen molar-refractivity contribution in [1.29, 1.82) is 5.26 Å². The summed E-state index contributed by atoms with van der Waals surface area (Å²) in [4.78, 5) is 14.3. The van der Waals surface area contributed by atoms with Gasteiger partial charge < -0.3 is 0 Å². The van der Waals surface area contributed by atoms with Crippen LogP contribution in [0.15, 0.2) is 18.2 Å². The van der Waals surface area contributed by atoms with E-state index in [0.717, 1.165) is 12.8 Å². The first-order valence-corrected chi connectivity index (χ1v) is 6.96. The minimum Gasteiger partial charge on any atom is -0.293 e. The van der Waals surface area contributed by atoms with Gasteiger partial charge in [0.05, 0.1) is 17.6 Å². The average Bonchev–Trinajstić information content (AvgIpc) is 3.18. The van der Waals surface area contributed by atoms with Gasteiger partial charge in [-0.15, -0.1) is 0 Å². The Kier molecular flexibility index (Phi) is 4.81. The molecule has 0 amide bonds. The molecule has 1 aliphatic carbocycles. The molecular formula is C14H14Cl2N2O. The molecule has 5 heteroatoms. The van der Waals surface area contributed by atoms with Crippen LogP contribution in [-0.2, 0) is 0 Å². The van der Waals surface area contributed by atoms with Crippen LogP contribution in [0.1, 0.15) is 29.6 Å². The average molecular weight is 297 g/mol. The number of carbonyl (C=O) groups is 1. The van der Waals surface area contributed by atoms with Crippen LogP contribution in [0.2, 0.25) is 10.0 Å². The van der Waals surface area contributed by atoms with E-state index in [-0.39, 0.29) is 5.78 Å². The van der Waals surface area contributed by atoms with Gasteiger partial charge in [-0.2, -0.15) is 5.26 Å². The van der Waals surface area contributed by atoms with Gasteiger partial charge >= 0.3 is 0 Å². The predicted octanol–water partition coefficient (Wildman–Crippen LogP) is 3.55. The summed E-state index contributed by atoms with van der Waals surface area (Å²) in [5, 5.41) is 9.55. The van der Waals surface area contributed by atoms with E-state index in [1.54, 1.807) is 18.2 Å². The topological polar surface area (TPSA) is 44.1 Å². The van der Waals surface area contributed by atoms with E-state index in [9.17, 15) is 4.79 Å².